The molecule has 2 aliphatic heterocycles. The van der Waals surface area contributed by atoms with Gasteiger partial charge in [-0.2, -0.15) is 0 Å². The maximum absolute atomic E-state index is 6.22. The molecular formula is C18H13NO. The van der Waals surface area contributed by atoms with Gasteiger partial charge in [0.1, 0.15) is 11.5 Å². The van der Waals surface area contributed by atoms with E-state index in [1.165, 1.54) is 22.4 Å². The predicted octanol–water partition coefficient (Wildman–Crippen LogP) is 4.08. The van der Waals surface area contributed by atoms with Crippen molar-refractivity contribution in [2.24, 2.45) is 0 Å². The first-order valence-corrected chi connectivity index (χ1v) is 6.97. The minimum atomic E-state index is 0.290. The van der Waals surface area contributed by atoms with Crippen LogP contribution in [0.3, 0.4) is 0 Å². The van der Waals surface area contributed by atoms with Crippen LogP contribution < -0.4 is 10.1 Å². The number of para-hydroxylation sites is 1. The number of fused-ring (bicyclic) bond motifs is 2. The number of rotatable bonds is 0. The smallest absolute Gasteiger partial charge is 0.134 e. The Morgan fingerprint density at radius 3 is 2.85 bits per heavy atom. The van der Waals surface area contributed by atoms with E-state index in [-0.39, 0.29) is 0 Å². The van der Waals surface area contributed by atoms with Crippen molar-refractivity contribution in [3.63, 3.8) is 0 Å². The highest BCUT2D eigenvalue weighted by atomic mass is 16.5. The molecule has 2 atom stereocenters. The minimum absolute atomic E-state index is 0.290. The first-order chi connectivity index (χ1) is 9.92. The molecule has 1 N–H and O–H groups in total. The van der Waals surface area contributed by atoms with E-state index in [1.807, 2.05) is 6.07 Å². The summed E-state index contributed by atoms with van der Waals surface area (Å²) >= 11 is 0. The summed E-state index contributed by atoms with van der Waals surface area (Å²) in [6.07, 6.45) is 6.40. The Balaban J connectivity index is 1.90. The second-order valence-corrected chi connectivity index (χ2v) is 5.47. The van der Waals surface area contributed by atoms with E-state index in [4.69, 9.17) is 4.74 Å². The van der Waals surface area contributed by atoms with Gasteiger partial charge in [0.25, 0.3) is 0 Å². The van der Waals surface area contributed by atoms with Gasteiger partial charge < -0.3 is 10.1 Å². The highest BCUT2D eigenvalue weighted by Crippen LogP contribution is 2.51. The third kappa shape index (κ3) is 1.19. The molecule has 20 heavy (non-hydrogen) atoms. The van der Waals surface area contributed by atoms with Gasteiger partial charge in [0.15, 0.2) is 0 Å². The molecule has 0 spiro atoms. The van der Waals surface area contributed by atoms with Gasteiger partial charge in [0.2, 0.25) is 0 Å². The van der Waals surface area contributed by atoms with Crippen molar-refractivity contribution >= 4 is 5.69 Å². The van der Waals surface area contributed by atoms with Crippen LogP contribution >= 0.6 is 0 Å². The maximum Gasteiger partial charge on any atom is 0.134 e. The number of ether oxygens (including phenoxy) is 1. The van der Waals surface area contributed by atoms with E-state index in [9.17, 15) is 0 Å². The molecule has 2 unspecified atom stereocenters. The summed E-state index contributed by atoms with van der Waals surface area (Å²) in [4.78, 5) is 0. The standard InChI is InChI=1S/C18H13NO/c1-2-9-15-11(5-1)12-6-3-7-13-17(12)18-14(19-13)8-4-10-16(18)20-15/h1-10,14,18-19H. The molecule has 96 valence electrons. The Morgan fingerprint density at radius 1 is 0.950 bits per heavy atom. The van der Waals surface area contributed by atoms with Crippen molar-refractivity contribution < 1.29 is 4.74 Å². The molecule has 2 nitrogen and oxygen atoms in total. The van der Waals surface area contributed by atoms with Crippen molar-refractivity contribution in [1.82, 2.24) is 0 Å². The zero-order valence-electron chi connectivity index (χ0n) is 10.8. The number of hydrogen-bond acceptors (Lipinski definition) is 2. The topological polar surface area (TPSA) is 21.3 Å². The molecule has 0 aromatic heterocycles. The van der Waals surface area contributed by atoms with E-state index >= 15 is 0 Å². The zero-order chi connectivity index (χ0) is 13.1. The van der Waals surface area contributed by atoms with Gasteiger partial charge in [-0.15, -0.1) is 0 Å². The lowest BCUT2D eigenvalue weighted by Crippen LogP contribution is -2.23. The predicted molar refractivity (Wildman–Crippen MR) is 79.9 cm³/mol. The second kappa shape index (κ2) is 3.54. The fourth-order valence-electron chi connectivity index (χ4n) is 3.56. The van der Waals surface area contributed by atoms with Gasteiger partial charge in [-0.3, -0.25) is 0 Å². The molecule has 5 rings (SSSR count). The molecule has 2 heterocycles. The van der Waals surface area contributed by atoms with Gasteiger partial charge >= 0.3 is 0 Å². The molecule has 0 saturated heterocycles. The van der Waals surface area contributed by atoms with E-state index in [0.29, 0.717) is 12.0 Å². The Labute approximate surface area is 117 Å². The van der Waals surface area contributed by atoms with Crippen molar-refractivity contribution in [1.29, 1.82) is 0 Å². The molecule has 1 aliphatic carbocycles. The summed E-state index contributed by atoms with van der Waals surface area (Å²) < 4.78 is 6.22. The highest BCUT2D eigenvalue weighted by molar-refractivity contribution is 5.83. The molecule has 2 heteroatoms. The van der Waals surface area contributed by atoms with Crippen LogP contribution in [0.2, 0.25) is 0 Å². The number of anilines is 1. The van der Waals surface area contributed by atoms with Gasteiger partial charge in [-0.25, -0.2) is 0 Å². The Hall–Kier alpha value is -2.48. The minimum Gasteiger partial charge on any atom is -0.460 e. The number of benzene rings is 2. The Kier molecular flexibility index (Phi) is 1.83. The molecule has 0 saturated carbocycles. The molecule has 3 aliphatic rings. The average molecular weight is 259 g/mol. The SMILES string of the molecule is C1=CC2Nc3cccc4c3C2C(=C1)Oc1ccccc1-4. The van der Waals surface area contributed by atoms with Crippen molar-refractivity contribution in [3.05, 3.63) is 72.0 Å². The van der Waals surface area contributed by atoms with Gasteiger partial charge in [-0.05, 0) is 29.3 Å². The van der Waals surface area contributed by atoms with Crippen molar-refractivity contribution in [2.45, 2.75) is 12.0 Å². The Bertz CT molecular complexity index is 788. The lowest BCUT2D eigenvalue weighted by atomic mass is 9.86. The van der Waals surface area contributed by atoms with Gasteiger partial charge in [-0.1, -0.05) is 42.5 Å². The monoisotopic (exact) mass is 259 g/mol. The zero-order valence-corrected chi connectivity index (χ0v) is 10.8. The van der Waals surface area contributed by atoms with E-state index in [2.05, 4.69) is 59.9 Å². The fraction of sp³-hybridized carbons (Fsp3) is 0.111. The van der Waals surface area contributed by atoms with Crippen LogP contribution in [-0.4, -0.2) is 6.04 Å². The summed E-state index contributed by atoms with van der Waals surface area (Å²) in [5, 5.41) is 3.60. The molecule has 0 fully saturated rings. The largest absolute Gasteiger partial charge is 0.460 e. The summed E-state index contributed by atoms with van der Waals surface area (Å²) in [5.41, 5.74) is 5.08. The van der Waals surface area contributed by atoms with Crippen LogP contribution in [0.4, 0.5) is 5.69 Å². The lowest BCUT2D eigenvalue weighted by Gasteiger charge is -2.22. The summed E-state index contributed by atoms with van der Waals surface area (Å²) in [6.45, 7) is 0. The molecule has 2 aromatic carbocycles. The van der Waals surface area contributed by atoms with Crippen LogP contribution in [0.25, 0.3) is 11.1 Å². The van der Waals surface area contributed by atoms with Crippen molar-refractivity contribution in [2.75, 3.05) is 5.32 Å². The fourth-order valence-corrected chi connectivity index (χ4v) is 3.56. The van der Waals surface area contributed by atoms with Crippen LogP contribution in [0.5, 0.6) is 5.75 Å². The average Bonchev–Trinajstić information content (AvgIpc) is 2.79. The van der Waals surface area contributed by atoms with Crippen LogP contribution in [-0.2, 0) is 0 Å². The van der Waals surface area contributed by atoms with Gasteiger partial charge in [0, 0.05) is 11.3 Å². The maximum atomic E-state index is 6.22. The quantitative estimate of drug-likeness (QED) is 0.769. The third-order valence-corrected chi connectivity index (χ3v) is 4.39. The molecule has 0 radical (unpaired) electrons. The molecule has 2 aromatic rings. The molecule has 0 bridgehead atoms. The van der Waals surface area contributed by atoms with Crippen LogP contribution in [0.1, 0.15) is 11.5 Å². The normalized spacial score (nSPS) is 23.9. The van der Waals surface area contributed by atoms with Crippen LogP contribution in [0, 0.1) is 0 Å². The van der Waals surface area contributed by atoms with E-state index in [0.717, 1.165) is 11.5 Å². The molecular weight excluding hydrogens is 246 g/mol. The summed E-state index contributed by atoms with van der Waals surface area (Å²) in [5.74, 6) is 2.29. The van der Waals surface area contributed by atoms with E-state index in [1.54, 1.807) is 0 Å². The molecule has 0 amide bonds. The number of nitrogens with one attached hydrogen (secondary N) is 1. The number of allylic oxidation sites excluding steroid dienone is 2. The summed E-state index contributed by atoms with van der Waals surface area (Å²) in [7, 11) is 0. The second-order valence-electron chi connectivity index (χ2n) is 5.47. The van der Waals surface area contributed by atoms with Gasteiger partial charge in [0.05, 0.1) is 12.0 Å². The summed E-state index contributed by atoms with van der Waals surface area (Å²) in [6, 6.07) is 15.1. The number of hydrogen-bond donors (Lipinski definition) is 1. The Morgan fingerprint density at radius 2 is 1.85 bits per heavy atom. The highest BCUT2D eigenvalue weighted by Gasteiger charge is 2.40. The van der Waals surface area contributed by atoms with Crippen molar-refractivity contribution in [3.8, 4) is 16.9 Å². The third-order valence-electron chi connectivity index (χ3n) is 4.39. The van der Waals surface area contributed by atoms with E-state index < -0.39 is 0 Å². The van der Waals surface area contributed by atoms with Crippen LogP contribution in [0.15, 0.2) is 66.5 Å². The lowest BCUT2D eigenvalue weighted by molar-refractivity contribution is 0.384. The first kappa shape index (κ1) is 10.3. The first-order valence-electron chi connectivity index (χ1n) is 6.97.